The second kappa shape index (κ2) is 8.80. The number of hydrogen-bond acceptors (Lipinski definition) is 7. The van der Waals surface area contributed by atoms with E-state index in [1.165, 1.54) is 47.9 Å². The molecule has 1 atom stereocenters. The Morgan fingerprint density at radius 2 is 2.00 bits per heavy atom. The molecule has 10 heteroatoms. The Labute approximate surface area is 174 Å². The first-order valence-electron chi connectivity index (χ1n) is 8.31. The zero-order chi connectivity index (χ0) is 21.0. The summed E-state index contributed by atoms with van der Waals surface area (Å²) in [6.45, 7) is 1.40. The fourth-order valence-corrected chi connectivity index (χ4v) is 3.31. The van der Waals surface area contributed by atoms with Gasteiger partial charge in [0.25, 0.3) is 11.6 Å². The van der Waals surface area contributed by atoms with Crippen LogP contribution in [-0.4, -0.2) is 27.9 Å². The topological polar surface area (TPSA) is 111 Å². The smallest absolute Gasteiger partial charge is 0.358 e. The van der Waals surface area contributed by atoms with Crippen molar-refractivity contribution >= 4 is 46.2 Å². The lowest BCUT2D eigenvalue weighted by atomic mass is 10.2. The number of anilines is 1. The Morgan fingerprint density at radius 3 is 2.72 bits per heavy atom. The summed E-state index contributed by atoms with van der Waals surface area (Å²) in [4.78, 5) is 39.0. The summed E-state index contributed by atoms with van der Waals surface area (Å²) < 4.78 is 5.15. The third-order valence-corrected chi connectivity index (χ3v) is 4.89. The highest BCUT2D eigenvalue weighted by Gasteiger charge is 2.21. The number of nitro benzene ring substituents is 1. The van der Waals surface area contributed by atoms with E-state index in [1.54, 1.807) is 18.2 Å². The minimum absolute atomic E-state index is 0.0694. The number of nitrogens with one attached hydrogen (secondary N) is 1. The van der Waals surface area contributed by atoms with Crippen LogP contribution in [0.4, 0.5) is 11.4 Å². The molecule has 0 fully saturated rings. The van der Waals surface area contributed by atoms with E-state index in [4.69, 9.17) is 16.3 Å². The number of nitrogens with zero attached hydrogens (tertiary/aromatic N) is 2. The van der Waals surface area contributed by atoms with E-state index in [-0.39, 0.29) is 17.1 Å². The first-order chi connectivity index (χ1) is 13.8. The molecule has 0 saturated heterocycles. The van der Waals surface area contributed by atoms with Crippen LogP contribution in [0.5, 0.6) is 0 Å². The number of thiazole rings is 1. The van der Waals surface area contributed by atoms with Crippen molar-refractivity contribution in [3.63, 3.8) is 0 Å². The number of amides is 1. The van der Waals surface area contributed by atoms with Crippen molar-refractivity contribution in [3.8, 4) is 10.6 Å². The molecule has 0 aliphatic carbocycles. The van der Waals surface area contributed by atoms with Crippen molar-refractivity contribution < 1.29 is 19.2 Å². The summed E-state index contributed by atoms with van der Waals surface area (Å²) in [6, 6.07) is 12.5. The van der Waals surface area contributed by atoms with Gasteiger partial charge in [-0.05, 0) is 25.1 Å². The summed E-state index contributed by atoms with van der Waals surface area (Å²) in [5.74, 6) is -1.37. The van der Waals surface area contributed by atoms with Gasteiger partial charge in [0, 0.05) is 33.8 Å². The molecule has 0 spiro atoms. The fourth-order valence-electron chi connectivity index (χ4n) is 2.34. The van der Waals surface area contributed by atoms with Crippen molar-refractivity contribution in [1.29, 1.82) is 0 Å². The highest BCUT2D eigenvalue weighted by atomic mass is 35.5. The van der Waals surface area contributed by atoms with Crippen molar-refractivity contribution in [2.24, 2.45) is 0 Å². The lowest BCUT2D eigenvalue weighted by molar-refractivity contribution is -0.384. The molecule has 0 saturated carbocycles. The molecule has 1 amide bonds. The first kappa shape index (κ1) is 20.4. The number of nitro groups is 1. The molecule has 148 valence electrons. The normalized spacial score (nSPS) is 11.5. The number of aromatic nitrogens is 1. The molecule has 3 aromatic rings. The summed E-state index contributed by atoms with van der Waals surface area (Å²) in [7, 11) is 0. The highest BCUT2D eigenvalue weighted by Crippen LogP contribution is 2.26. The molecule has 1 N–H and O–H groups in total. The molecule has 1 aromatic heterocycles. The number of non-ortho nitro benzene ring substituents is 1. The number of carbonyl (C=O) groups is 2. The van der Waals surface area contributed by atoms with Gasteiger partial charge in [-0.3, -0.25) is 14.9 Å². The number of benzene rings is 2. The predicted molar refractivity (Wildman–Crippen MR) is 109 cm³/mol. The van der Waals surface area contributed by atoms with Gasteiger partial charge >= 0.3 is 5.97 Å². The maximum atomic E-state index is 12.3. The number of esters is 1. The molecular weight excluding hydrogens is 418 g/mol. The van der Waals surface area contributed by atoms with Gasteiger partial charge < -0.3 is 10.1 Å². The Hall–Kier alpha value is -3.30. The van der Waals surface area contributed by atoms with E-state index in [0.717, 1.165) is 5.56 Å². The molecule has 2 aromatic carbocycles. The maximum absolute atomic E-state index is 12.3. The van der Waals surface area contributed by atoms with Gasteiger partial charge in [0.05, 0.1) is 4.92 Å². The molecule has 0 bridgehead atoms. The van der Waals surface area contributed by atoms with Crippen LogP contribution in [0.2, 0.25) is 5.02 Å². The van der Waals surface area contributed by atoms with Crippen LogP contribution in [0.3, 0.4) is 0 Å². The van der Waals surface area contributed by atoms with Crippen molar-refractivity contribution in [1.82, 2.24) is 4.98 Å². The summed E-state index contributed by atoms with van der Waals surface area (Å²) >= 11 is 7.21. The monoisotopic (exact) mass is 431 g/mol. The van der Waals surface area contributed by atoms with E-state index in [2.05, 4.69) is 10.3 Å². The average Bonchev–Trinajstić information content (AvgIpc) is 3.18. The minimum Gasteiger partial charge on any atom is -0.448 e. The molecular formula is C19H14ClN3O5S. The van der Waals surface area contributed by atoms with Crippen LogP contribution in [0.1, 0.15) is 17.4 Å². The van der Waals surface area contributed by atoms with Crippen molar-refractivity contribution in [3.05, 3.63) is 74.7 Å². The van der Waals surface area contributed by atoms with Gasteiger partial charge in [0.15, 0.2) is 11.8 Å². The fraction of sp³-hybridized carbons (Fsp3) is 0.105. The number of carbonyl (C=O) groups excluding carboxylic acids is 2. The Morgan fingerprint density at radius 1 is 1.24 bits per heavy atom. The maximum Gasteiger partial charge on any atom is 0.358 e. The molecule has 3 rings (SSSR count). The van der Waals surface area contributed by atoms with Crippen LogP contribution < -0.4 is 5.32 Å². The van der Waals surface area contributed by atoms with Gasteiger partial charge in [-0.25, -0.2) is 9.78 Å². The Bertz CT molecular complexity index is 1080. The lowest BCUT2D eigenvalue weighted by Gasteiger charge is -2.12. The summed E-state index contributed by atoms with van der Waals surface area (Å²) in [5.41, 5.74) is 0.894. The molecule has 29 heavy (non-hydrogen) atoms. The van der Waals surface area contributed by atoms with Crippen molar-refractivity contribution in [2.45, 2.75) is 13.0 Å². The number of rotatable bonds is 6. The van der Waals surface area contributed by atoms with Crippen LogP contribution in [-0.2, 0) is 9.53 Å². The zero-order valence-corrected chi connectivity index (χ0v) is 16.6. The van der Waals surface area contributed by atoms with Crippen LogP contribution >= 0.6 is 22.9 Å². The van der Waals surface area contributed by atoms with Crippen molar-refractivity contribution in [2.75, 3.05) is 5.32 Å². The SMILES string of the molecule is CC(OC(=O)c1csc(-c2cccc(Cl)c2)n1)C(=O)Nc1cccc([N+](=O)[O-])c1. The van der Waals surface area contributed by atoms with E-state index in [0.29, 0.717) is 10.0 Å². The largest absolute Gasteiger partial charge is 0.448 e. The van der Waals surface area contributed by atoms with E-state index in [9.17, 15) is 19.7 Å². The van der Waals surface area contributed by atoms with E-state index in [1.807, 2.05) is 6.07 Å². The number of ether oxygens (including phenoxy) is 1. The number of halogens is 1. The molecule has 1 unspecified atom stereocenters. The van der Waals surface area contributed by atoms with Gasteiger partial charge in [-0.1, -0.05) is 29.8 Å². The second-order valence-corrected chi connectivity index (χ2v) is 7.19. The van der Waals surface area contributed by atoms with E-state index < -0.39 is 22.9 Å². The van der Waals surface area contributed by atoms with Crippen LogP contribution in [0.25, 0.3) is 10.6 Å². The van der Waals surface area contributed by atoms with Gasteiger partial charge in [0.1, 0.15) is 5.01 Å². The summed E-state index contributed by atoms with van der Waals surface area (Å²) in [6.07, 6.45) is -1.13. The zero-order valence-electron chi connectivity index (χ0n) is 15.0. The average molecular weight is 432 g/mol. The lowest BCUT2D eigenvalue weighted by Crippen LogP contribution is -2.30. The Kier molecular flexibility index (Phi) is 6.20. The van der Waals surface area contributed by atoms with Gasteiger partial charge in [-0.15, -0.1) is 11.3 Å². The second-order valence-electron chi connectivity index (χ2n) is 5.89. The quantitative estimate of drug-likeness (QED) is 0.348. The van der Waals surface area contributed by atoms with Crippen LogP contribution in [0.15, 0.2) is 53.9 Å². The standard InChI is InChI=1S/C19H14ClN3O5S/c1-11(17(24)21-14-6-3-7-15(9-14)23(26)27)28-19(25)16-10-29-18(22-16)12-4-2-5-13(20)8-12/h2-11H,1H3,(H,21,24). The molecule has 1 heterocycles. The third kappa shape index (κ3) is 5.15. The molecule has 0 aliphatic rings. The predicted octanol–water partition coefficient (Wildman–Crippen LogP) is 4.56. The number of hydrogen-bond donors (Lipinski definition) is 1. The molecule has 8 nitrogen and oxygen atoms in total. The molecule has 0 aliphatic heterocycles. The minimum atomic E-state index is -1.13. The third-order valence-electron chi connectivity index (χ3n) is 3.76. The van der Waals surface area contributed by atoms with E-state index >= 15 is 0 Å². The molecule has 0 radical (unpaired) electrons. The van der Waals surface area contributed by atoms with Gasteiger partial charge in [0.2, 0.25) is 0 Å². The summed E-state index contributed by atoms with van der Waals surface area (Å²) in [5, 5.41) is 16.0. The van der Waals surface area contributed by atoms with Crippen LogP contribution in [0, 0.1) is 10.1 Å². The Balaban J connectivity index is 1.64. The van der Waals surface area contributed by atoms with Gasteiger partial charge in [-0.2, -0.15) is 0 Å². The first-order valence-corrected chi connectivity index (χ1v) is 9.57. The highest BCUT2D eigenvalue weighted by molar-refractivity contribution is 7.13.